The van der Waals surface area contributed by atoms with Crippen LogP contribution in [-0.4, -0.2) is 39.0 Å². The second kappa shape index (κ2) is 9.18. The average Bonchev–Trinajstić information content (AvgIpc) is 3.13. The van der Waals surface area contributed by atoms with Crippen molar-refractivity contribution in [3.8, 4) is 11.5 Å². The highest BCUT2D eigenvalue weighted by Gasteiger charge is 2.25. The molecule has 30 heavy (non-hydrogen) atoms. The van der Waals surface area contributed by atoms with E-state index >= 15 is 0 Å². The van der Waals surface area contributed by atoms with Crippen LogP contribution in [0.1, 0.15) is 21.6 Å². The lowest BCUT2D eigenvalue weighted by molar-refractivity contribution is -0.385. The topological polar surface area (TPSA) is 132 Å². The molecule has 11 heteroatoms. The van der Waals surface area contributed by atoms with Crippen molar-refractivity contribution in [3.63, 3.8) is 0 Å². The van der Waals surface area contributed by atoms with Crippen LogP contribution in [0.5, 0.6) is 11.5 Å². The van der Waals surface area contributed by atoms with Gasteiger partial charge in [-0.2, -0.15) is 10.2 Å². The van der Waals surface area contributed by atoms with Gasteiger partial charge >= 0.3 is 5.69 Å². The number of nitro groups is 1. The largest absolute Gasteiger partial charge is 0.504 e. The van der Waals surface area contributed by atoms with Crippen LogP contribution in [0, 0.1) is 10.1 Å². The number of ether oxygens (including phenoxy) is 1. The van der Waals surface area contributed by atoms with E-state index in [0.29, 0.717) is 5.56 Å². The van der Waals surface area contributed by atoms with E-state index < -0.39 is 16.5 Å². The number of amides is 1. The highest BCUT2D eigenvalue weighted by Crippen LogP contribution is 2.25. The Kier molecular flexibility index (Phi) is 6.42. The van der Waals surface area contributed by atoms with Crippen molar-refractivity contribution in [1.29, 1.82) is 0 Å². The molecule has 10 nitrogen and oxygen atoms in total. The minimum absolute atomic E-state index is 0.0368. The van der Waals surface area contributed by atoms with E-state index in [4.69, 9.17) is 4.74 Å². The Morgan fingerprint density at radius 2 is 2.20 bits per heavy atom. The number of rotatable bonds is 7. The van der Waals surface area contributed by atoms with Crippen molar-refractivity contribution in [2.24, 2.45) is 5.10 Å². The minimum Gasteiger partial charge on any atom is -0.504 e. The molecule has 2 N–H and O–H groups in total. The van der Waals surface area contributed by atoms with Gasteiger partial charge in [0.1, 0.15) is 6.20 Å². The fraction of sp³-hybridized carbons (Fsp3) is 0.105. The molecule has 0 spiro atoms. The number of methoxy groups -OCH3 is 1. The number of carbonyl (C=O) groups is 1. The first kappa shape index (κ1) is 21.0. The van der Waals surface area contributed by atoms with Gasteiger partial charge in [0.15, 0.2) is 11.5 Å². The lowest BCUT2D eigenvalue weighted by Crippen LogP contribution is -2.19. The molecule has 0 saturated carbocycles. The molecule has 0 aliphatic carbocycles. The number of carbonyl (C=O) groups excluding carboxylic acids is 1. The maximum atomic E-state index is 12.4. The fourth-order valence-corrected chi connectivity index (χ4v) is 3.05. The van der Waals surface area contributed by atoms with Crippen LogP contribution >= 0.6 is 15.9 Å². The quantitative estimate of drug-likeness (QED) is 0.307. The highest BCUT2D eigenvalue weighted by molar-refractivity contribution is 9.10. The van der Waals surface area contributed by atoms with Gasteiger partial charge in [0.05, 0.1) is 24.8 Å². The maximum Gasteiger partial charge on any atom is 0.320 e. The Hall–Kier alpha value is -3.73. The van der Waals surface area contributed by atoms with Gasteiger partial charge in [-0.1, -0.05) is 28.1 Å². The second-order valence-corrected chi connectivity index (χ2v) is 6.99. The van der Waals surface area contributed by atoms with Crippen molar-refractivity contribution in [3.05, 3.63) is 80.1 Å². The lowest BCUT2D eigenvalue weighted by Gasteiger charge is -2.03. The summed E-state index contributed by atoms with van der Waals surface area (Å²) in [7, 11) is 1.40. The molecule has 0 aliphatic rings. The number of hydrogen-bond donors (Lipinski definition) is 2. The van der Waals surface area contributed by atoms with Crippen LogP contribution in [0.25, 0.3) is 0 Å². The SMILES string of the molecule is COc1cc(C=NNC(=O)c2nn(Cc3cccc(Br)c3)cc2[N+](=O)[O-])ccc1O. The number of nitrogens with one attached hydrogen (secondary N) is 1. The standard InChI is InChI=1S/C19H16BrN5O5/c1-30-17-8-12(5-6-16(17)26)9-21-22-19(27)18-15(25(28)29)11-24(23-18)10-13-3-2-4-14(20)7-13/h2-9,11,26H,10H2,1H3,(H,22,27). The molecule has 0 aliphatic heterocycles. The third-order valence-corrected chi connectivity index (χ3v) is 4.46. The van der Waals surface area contributed by atoms with Crippen molar-refractivity contribution < 1.29 is 19.6 Å². The van der Waals surface area contributed by atoms with E-state index in [1.165, 1.54) is 36.3 Å². The minimum atomic E-state index is -0.823. The van der Waals surface area contributed by atoms with Gasteiger partial charge in [0.25, 0.3) is 5.91 Å². The Balaban J connectivity index is 1.76. The predicted octanol–water partition coefficient (Wildman–Crippen LogP) is 3.08. The summed E-state index contributed by atoms with van der Waals surface area (Å²) in [5, 5.41) is 28.7. The van der Waals surface area contributed by atoms with Crippen molar-refractivity contribution in [2.75, 3.05) is 7.11 Å². The molecule has 0 bridgehead atoms. The summed E-state index contributed by atoms with van der Waals surface area (Å²) < 4.78 is 7.18. The smallest absolute Gasteiger partial charge is 0.320 e. The molecular formula is C19H16BrN5O5. The molecule has 3 aromatic rings. The van der Waals surface area contributed by atoms with Gasteiger partial charge in [0, 0.05) is 4.47 Å². The third-order valence-electron chi connectivity index (χ3n) is 3.97. The molecular weight excluding hydrogens is 458 g/mol. The summed E-state index contributed by atoms with van der Waals surface area (Å²) >= 11 is 3.36. The zero-order valence-corrected chi connectivity index (χ0v) is 17.2. The van der Waals surface area contributed by atoms with Crippen molar-refractivity contribution in [1.82, 2.24) is 15.2 Å². The van der Waals surface area contributed by atoms with E-state index in [2.05, 4.69) is 31.6 Å². The van der Waals surface area contributed by atoms with Crippen LogP contribution in [0.3, 0.4) is 0 Å². The summed E-state index contributed by atoms with van der Waals surface area (Å²) in [4.78, 5) is 23.0. The molecule has 0 atom stereocenters. The number of phenolic OH excluding ortho intramolecular Hbond substituents is 1. The number of halogens is 1. The number of hydrogen-bond acceptors (Lipinski definition) is 7. The number of phenols is 1. The molecule has 0 saturated heterocycles. The van der Waals surface area contributed by atoms with E-state index in [1.807, 2.05) is 24.3 Å². The first-order valence-corrected chi connectivity index (χ1v) is 9.33. The molecule has 0 unspecified atom stereocenters. The number of nitrogens with zero attached hydrogens (tertiary/aromatic N) is 4. The zero-order chi connectivity index (χ0) is 21.7. The Morgan fingerprint density at radius 3 is 2.90 bits per heavy atom. The van der Waals surface area contributed by atoms with E-state index in [9.17, 15) is 20.0 Å². The number of benzene rings is 2. The van der Waals surface area contributed by atoms with Crippen LogP contribution in [0.15, 0.2) is 58.2 Å². The van der Waals surface area contributed by atoms with Gasteiger partial charge in [-0.25, -0.2) is 5.43 Å². The first-order chi connectivity index (χ1) is 14.4. The van der Waals surface area contributed by atoms with Gasteiger partial charge in [-0.15, -0.1) is 0 Å². The molecule has 1 amide bonds. The third kappa shape index (κ3) is 5.00. The molecule has 0 radical (unpaired) electrons. The van der Waals surface area contributed by atoms with Gasteiger partial charge in [-0.05, 0) is 41.5 Å². The number of hydrazone groups is 1. The molecule has 0 fully saturated rings. The highest BCUT2D eigenvalue weighted by atomic mass is 79.9. The van der Waals surface area contributed by atoms with Gasteiger partial charge in [0.2, 0.25) is 5.69 Å². The maximum absolute atomic E-state index is 12.4. The second-order valence-electron chi connectivity index (χ2n) is 6.08. The molecule has 1 heterocycles. The Bertz CT molecular complexity index is 1130. The van der Waals surface area contributed by atoms with Crippen molar-refractivity contribution in [2.45, 2.75) is 6.54 Å². The summed E-state index contributed by atoms with van der Waals surface area (Å²) in [6, 6.07) is 11.9. The van der Waals surface area contributed by atoms with Gasteiger partial charge < -0.3 is 9.84 Å². The van der Waals surface area contributed by atoms with Gasteiger partial charge in [-0.3, -0.25) is 19.6 Å². The monoisotopic (exact) mass is 473 g/mol. The lowest BCUT2D eigenvalue weighted by atomic mass is 10.2. The molecule has 2 aromatic carbocycles. The fourth-order valence-electron chi connectivity index (χ4n) is 2.60. The van der Waals surface area contributed by atoms with Crippen LogP contribution in [-0.2, 0) is 6.54 Å². The van der Waals surface area contributed by atoms with Crippen LogP contribution in [0.2, 0.25) is 0 Å². The molecule has 154 valence electrons. The molecule has 3 rings (SSSR count). The summed E-state index contributed by atoms with van der Waals surface area (Å²) in [6.07, 6.45) is 2.51. The Morgan fingerprint density at radius 1 is 1.40 bits per heavy atom. The molecule has 1 aromatic heterocycles. The summed E-state index contributed by atoms with van der Waals surface area (Å²) in [5.74, 6) is -0.616. The summed E-state index contributed by atoms with van der Waals surface area (Å²) in [6.45, 7) is 0.254. The predicted molar refractivity (Wildman–Crippen MR) is 112 cm³/mol. The summed E-state index contributed by atoms with van der Waals surface area (Å²) in [5.41, 5.74) is 2.84. The van der Waals surface area contributed by atoms with E-state index in [0.717, 1.165) is 10.0 Å². The van der Waals surface area contributed by atoms with Crippen molar-refractivity contribution >= 4 is 33.7 Å². The van der Waals surface area contributed by atoms with Crippen LogP contribution in [0.4, 0.5) is 5.69 Å². The average molecular weight is 474 g/mol. The normalized spacial score (nSPS) is 10.9. The first-order valence-electron chi connectivity index (χ1n) is 8.54. The number of aromatic nitrogens is 2. The van der Waals surface area contributed by atoms with E-state index in [1.54, 1.807) is 6.07 Å². The van der Waals surface area contributed by atoms with E-state index in [-0.39, 0.29) is 23.7 Å². The zero-order valence-electron chi connectivity index (χ0n) is 15.7. The van der Waals surface area contributed by atoms with Crippen LogP contribution < -0.4 is 10.2 Å². The Labute approximate surface area is 179 Å². The number of aromatic hydroxyl groups is 1.